The molecule has 1 aliphatic rings. The van der Waals surface area contributed by atoms with E-state index >= 15 is 0 Å². The summed E-state index contributed by atoms with van der Waals surface area (Å²) in [6.45, 7) is 4.46. The van der Waals surface area contributed by atoms with Gasteiger partial charge in [-0.05, 0) is 17.7 Å². The van der Waals surface area contributed by atoms with Crippen LogP contribution in [0.25, 0.3) is 0 Å². The van der Waals surface area contributed by atoms with Gasteiger partial charge in [-0.2, -0.15) is 0 Å². The Kier molecular flexibility index (Phi) is 3.33. The van der Waals surface area contributed by atoms with Gasteiger partial charge in [-0.25, -0.2) is 4.98 Å². The molecule has 0 radical (unpaired) electrons. The van der Waals surface area contributed by atoms with E-state index in [0.717, 1.165) is 22.7 Å². The first kappa shape index (κ1) is 13.5. The SMILES string of the molecule is COc1ccc(CNc2ccc3c(c2)OC(C)(C)O3)cn1. The van der Waals surface area contributed by atoms with Crippen molar-refractivity contribution < 1.29 is 14.2 Å². The Balaban J connectivity index is 1.66. The van der Waals surface area contributed by atoms with E-state index in [-0.39, 0.29) is 0 Å². The van der Waals surface area contributed by atoms with Crippen molar-refractivity contribution in [2.45, 2.75) is 26.2 Å². The summed E-state index contributed by atoms with van der Waals surface area (Å²) in [6, 6.07) is 9.66. The van der Waals surface area contributed by atoms with E-state index in [1.165, 1.54) is 0 Å². The number of rotatable bonds is 4. The third-order valence-corrected chi connectivity index (χ3v) is 3.16. The fraction of sp³-hybridized carbons (Fsp3) is 0.312. The predicted molar refractivity (Wildman–Crippen MR) is 79.9 cm³/mol. The van der Waals surface area contributed by atoms with Crippen LogP contribution >= 0.6 is 0 Å². The summed E-state index contributed by atoms with van der Waals surface area (Å²) in [7, 11) is 1.61. The number of ether oxygens (including phenoxy) is 3. The summed E-state index contributed by atoms with van der Waals surface area (Å²) in [5, 5.41) is 3.34. The van der Waals surface area contributed by atoms with Gasteiger partial charge in [0.25, 0.3) is 0 Å². The van der Waals surface area contributed by atoms with Crippen LogP contribution in [0, 0.1) is 0 Å². The Bertz CT molecular complexity index is 638. The predicted octanol–water partition coefficient (Wildman–Crippen LogP) is 3.21. The minimum absolute atomic E-state index is 0.596. The number of aromatic nitrogens is 1. The fourth-order valence-electron chi connectivity index (χ4n) is 2.17. The molecule has 2 aromatic rings. The van der Waals surface area contributed by atoms with Crippen molar-refractivity contribution in [1.82, 2.24) is 4.98 Å². The van der Waals surface area contributed by atoms with Crippen LogP contribution in [-0.2, 0) is 6.54 Å². The normalized spacial score (nSPS) is 14.8. The van der Waals surface area contributed by atoms with Crippen molar-refractivity contribution in [2.24, 2.45) is 0 Å². The highest BCUT2D eigenvalue weighted by atomic mass is 16.7. The molecule has 0 aliphatic carbocycles. The number of benzene rings is 1. The van der Waals surface area contributed by atoms with E-state index in [1.807, 2.05) is 44.2 Å². The summed E-state index contributed by atoms with van der Waals surface area (Å²) in [5.74, 6) is 1.56. The molecule has 1 N–H and O–H groups in total. The lowest BCUT2D eigenvalue weighted by atomic mass is 10.2. The summed E-state index contributed by atoms with van der Waals surface area (Å²) < 4.78 is 16.4. The van der Waals surface area contributed by atoms with Gasteiger partial charge in [0.2, 0.25) is 11.7 Å². The van der Waals surface area contributed by atoms with Crippen LogP contribution in [0.1, 0.15) is 19.4 Å². The van der Waals surface area contributed by atoms with Gasteiger partial charge in [-0.15, -0.1) is 0 Å². The second kappa shape index (κ2) is 5.16. The van der Waals surface area contributed by atoms with Crippen LogP contribution in [0.5, 0.6) is 17.4 Å². The zero-order valence-corrected chi connectivity index (χ0v) is 12.3. The number of nitrogens with zero attached hydrogens (tertiary/aromatic N) is 1. The monoisotopic (exact) mass is 286 g/mol. The lowest BCUT2D eigenvalue weighted by Gasteiger charge is -2.16. The quantitative estimate of drug-likeness (QED) is 0.935. The second-order valence-corrected chi connectivity index (χ2v) is 5.33. The average molecular weight is 286 g/mol. The van der Waals surface area contributed by atoms with Crippen LogP contribution in [0.2, 0.25) is 0 Å². The highest BCUT2D eigenvalue weighted by molar-refractivity contribution is 5.56. The van der Waals surface area contributed by atoms with E-state index in [4.69, 9.17) is 14.2 Å². The highest BCUT2D eigenvalue weighted by Gasteiger charge is 2.31. The molecule has 0 saturated heterocycles. The first-order valence-electron chi connectivity index (χ1n) is 6.81. The second-order valence-electron chi connectivity index (χ2n) is 5.33. The molecular formula is C16H18N2O3. The molecule has 1 aromatic heterocycles. The molecule has 2 heterocycles. The average Bonchev–Trinajstić information content (AvgIpc) is 2.78. The molecule has 5 heteroatoms. The maximum Gasteiger partial charge on any atom is 0.246 e. The Labute approximate surface area is 123 Å². The van der Waals surface area contributed by atoms with E-state index in [2.05, 4.69) is 10.3 Å². The Morgan fingerprint density at radius 2 is 1.95 bits per heavy atom. The maximum atomic E-state index is 5.73. The Morgan fingerprint density at radius 1 is 1.14 bits per heavy atom. The molecule has 0 amide bonds. The van der Waals surface area contributed by atoms with Gasteiger partial charge < -0.3 is 19.5 Å². The lowest BCUT2D eigenvalue weighted by Crippen LogP contribution is -2.29. The fourth-order valence-corrected chi connectivity index (χ4v) is 2.17. The third kappa shape index (κ3) is 3.02. The third-order valence-electron chi connectivity index (χ3n) is 3.16. The molecular weight excluding hydrogens is 268 g/mol. The van der Waals surface area contributed by atoms with E-state index in [0.29, 0.717) is 12.4 Å². The van der Waals surface area contributed by atoms with Crippen LogP contribution < -0.4 is 19.5 Å². The molecule has 21 heavy (non-hydrogen) atoms. The van der Waals surface area contributed by atoms with Gasteiger partial charge in [0.05, 0.1) is 7.11 Å². The molecule has 0 saturated carbocycles. The molecule has 0 unspecified atom stereocenters. The standard InChI is InChI=1S/C16H18N2O3/c1-16(2)20-13-6-5-12(8-14(13)21-16)17-9-11-4-7-15(19-3)18-10-11/h4-8,10,17H,9H2,1-3H3. The Morgan fingerprint density at radius 3 is 2.67 bits per heavy atom. The zero-order valence-electron chi connectivity index (χ0n) is 12.3. The van der Waals surface area contributed by atoms with Gasteiger partial charge in [0, 0.05) is 44.4 Å². The van der Waals surface area contributed by atoms with Gasteiger partial charge in [-0.3, -0.25) is 0 Å². The smallest absolute Gasteiger partial charge is 0.246 e. The van der Waals surface area contributed by atoms with Crippen LogP contribution in [0.3, 0.4) is 0 Å². The molecule has 0 fully saturated rings. The van der Waals surface area contributed by atoms with Crippen LogP contribution in [-0.4, -0.2) is 17.9 Å². The molecule has 5 nitrogen and oxygen atoms in total. The molecule has 0 spiro atoms. The van der Waals surface area contributed by atoms with E-state index in [9.17, 15) is 0 Å². The van der Waals surface area contributed by atoms with Crippen LogP contribution in [0.4, 0.5) is 5.69 Å². The van der Waals surface area contributed by atoms with Crippen molar-refractivity contribution >= 4 is 5.69 Å². The van der Waals surface area contributed by atoms with Gasteiger partial charge >= 0.3 is 0 Å². The number of hydrogen-bond acceptors (Lipinski definition) is 5. The number of anilines is 1. The van der Waals surface area contributed by atoms with Crippen molar-refractivity contribution in [3.8, 4) is 17.4 Å². The first-order valence-corrected chi connectivity index (χ1v) is 6.81. The number of nitrogens with one attached hydrogen (secondary N) is 1. The summed E-state index contributed by atoms with van der Waals surface area (Å²) in [5.41, 5.74) is 2.06. The van der Waals surface area contributed by atoms with E-state index < -0.39 is 5.79 Å². The summed E-state index contributed by atoms with van der Waals surface area (Å²) >= 11 is 0. The van der Waals surface area contributed by atoms with Gasteiger partial charge in [0.15, 0.2) is 11.5 Å². The summed E-state index contributed by atoms with van der Waals surface area (Å²) in [4.78, 5) is 4.18. The number of fused-ring (bicyclic) bond motifs is 1. The molecule has 0 atom stereocenters. The summed E-state index contributed by atoms with van der Waals surface area (Å²) in [6.07, 6.45) is 1.79. The molecule has 0 bridgehead atoms. The minimum Gasteiger partial charge on any atom is -0.481 e. The van der Waals surface area contributed by atoms with Gasteiger partial charge in [0.1, 0.15) is 0 Å². The van der Waals surface area contributed by atoms with Gasteiger partial charge in [-0.1, -0.05) is 6.07 Å². The van der Waals surface area contributed by atoms with Crippen LogP contribution in [0.15, 0.2) is 36.5 Å². The first-order chi connectivity index (χ1) is 10.1. The highest BCUT2D eigenvalue weighted by Crippen LogP contribution is 2.40. The molecule has 3 rings (SSSR count). The number of pyridine rings is 1. The molecule has 110 valence electrons. The van der Waals surface area contributed by atoms with Crippen molar-refractivity contribution in [1.29, 1.82) is 0 Å². The number of hydrogen-bond donors (Lipinski definition) is 1. The zero-order chi connectivity index (χ0) is 14.9. The lowest BCUT2D eigenvalue weighted by molar-refractivity contribution is -0.0431. The maximum absolute atomic E-state index is 5.73. The largest absolute Gasteiger partial charge is 0.481 e. The van der Waals surface area contributed by atoms with Crippen molar-refractivity contribution in [3.63, 3.8) is 0 Å². The van der Waals surface area contributed by atoms with E-state index in [1.54, 1.807) is 13.3 Å². The minimum atomic E-state index is -0.596. The topological polar surface area (TPSA) is 52.6 Å². The van der Waals surface area contributed by atoms with Crippen molar-refractivity contribution in [3.05, 3.63) is 42.1 Å². The molecule has 1 aliphatic heterocycles. The van der Waals surface area contributed by atoms with Crippen molar-refractivity contribution in [2.75, 3.05) is 12.4 Å². The Hall–Kier alpha value is -2.43. The number of methoxy groups -OCH3 is 1. The molecule has 1 aromatic carbocycles.